The largest absolute Gasteiger partial charge is 0.481 e. The van der Waals surface area contributed by atoms with Gasteiger partial charge in [-0.05, 0) is 49.3 Å². The number of hydrogen-bond acceptors (Lipinski definition) is 5. The summed E-state index contributed by atoms with van der Waals surface area (Å²) in [7, 11) is 0. The van der Waals surface area contributed by atoms with Gasteiger partial charge in [-0.1, -0.05) is 67.5 Å². The first kappa shape index (κ1) is 22.6. The van der Waals surface area contributed by atoms with Crippen molar-refractivity contribution >= 4 is 17.7 Å². The second kappa shape index (κ2) is 8.73. The Hall–Kier alpha value is -3.61. The van der Waals surface area contributed by atoms with Crippen LogP contribution in [0.2, 0.25) is 0 Å². The summed E-state index contributed by atoms with van der Waals surface area (Å²) in [4.78, 5) is 23.8. The fourth-order valence-corrected chi connectivity index (χ4v) is 3.70. The maximum absolute atomic E-state index is 12.3. The average molecular weight is 449 g/mol. The Labute approximate surface area is 192 Å². The van der Waals surface area contributed by atoms with Crippen LogP contribution >= 0.6 is 0 Å². The summed E-state index contributed by atoms with van der Waals surface area (Å²) in [6.45, 7) is 7.58. The van der Waals surface area contributed by atoms with E-state index in [9.17, 15) is 14.7 Å². The molecule has 0 saturated heterocycles. The molecule has 1 amide bonds. The molecule has 1 aliphatic carbocycles. The van der Waals surface area contributed by atoms with E-state index in [2.05, 4.69) is 10.5 Å². The van der Waals surface area contributed by atoms with E-state index in [0.717, 1.165) is 22.3 Å². The summed E-state index contributed by atoms with van der Waals surface area (Å²) < 4.78 is 10.9. The van der Waals surface area contributed by atoms with Gasteiger partial charge in [-0.2, -0.15) is 0 Å². The molecule has 0 radical (unpaired) electrons. The number of aromatic nitrogens is 1. The zero-order valence-corrected chi connectivity index (χ0v) is 19.2. The number of carboxylic acids is 1. The molecular weight excluding hydrogens is 420 g/mol. The Morgan fingerprint density at radius 3 is 2.06 bits per heavy atom. The molecule has 3 aromatic rings. The number of anilines is 1. The monoisotopic (exact) mass is 448 g/mol. The molecule has 0 bridgehead atoms. The van der Waals surface area contributed by atoms with Gasteiger partial charge in [0.1, 0.15) is 17.5 Å². The van der Waals surface area contributed by atoms with Crippen molar-refractivity contribution in [1.82, 2.24) is 5.16 Å². The Bertz CT molecular complexity index is 1160. The van der Waals surface area contributed by atoms with Gasteiger partial charge in [-0.25, -0.2) is 4.79 Å². The molecule has 7 nitrogen and oxygen atoms in total. The highest BCUT2D eigenvalue weighted by atomic mass is 16.6. The smallest absolute Gasteiger partial charge is 0.412 e. The van der Waals surface area contributed by atoms with Gasteiger partial charge in [0, 0.05) is 5.56 Å². The van der Waals surface area contributed by atoms with Crippen molar-refractivity contribution in [1.29, 1.82) is 0 Å². The minimum Gasteiger partial charge on any atom is -0.481 e. The normalized spacial score (nSPS) is 15.2. The van der Waals surface area contributed by atoms with Gasteiger partial charge in [0.15, 0.2) is 5.76 Å². The molecule has 1 fully saturated rings. The number of aliphatic carboxylic acids is 1. The summed E-state index contributed by atoms with van der Waals surface area (Å²) in [5.41, 5.74) is 3.94. The molecule has 1 heterocycles. The molecule has 2 N–H and O–H groups in total. The quantitative estimate of drug-likeness (QED) is 0.458. The van der Waals surface area contributed by atoms with Crippen molar-refractivity contribution < 1.29 is 24.0 Å². The summed E-state index contributed by atoms with van der Waals surface area (Å²) in [5.74, 6) is -0.0890. The Morgan fingerprint density at radius 1 is 1.00 bits per heavy atom. The highest BCUT2D eigenvalue weighted by molar-refractivity contribution is 5.91. The Balaban J connectivity index is 1.51. The lowest BCUT2D eigenvalue weighted by molar-refractivity contribution is -0.140. The summed E-state index contributed by atoms with van der Waals surface area (Å²) in [6.07, 6.45) is 0.611. The number of hydrogen-bond donors (Lipinski definition) is 2. The number of ether oxygens (including phenoxy) is 1. The maximum Gasteiger partial charge on any atom is 0.412 e. The van der Waals surface area contributed by atoms with Crippen molar-refractivity contribution in [3.63, 3.8) is 0 Å². The molecule has 0 spiro atoms. The van der Waals surface area contributed by atoms with Crippen molar-refractivity contribution in [2.24, 2.45) is 5.92 Å². The predicted molar refractivity (Wildman–Crippen MR) is 125 cm³/mol. The molecule has 1 atom stereocenters. The van der Waals surface area contributed by atoms with E-state index in [1.54, 1.807) is 6.92 Å². The third-order valence-corrected chi connectivity index (χ3v) is 6.40. The lowest BCUT2D eigenvalue weighted by atomic mass is 9.93. The predicted octanol–water partition coefficient (Wildman–Crippen LogP) is 6.03. The van der Waals surface area contributed by atoms with Crippen LogP contribution < -0.4 is 5.32 Å². The fraction of sp³-hybridized carbons (Fsp3) is 0.346. The van der Waals surface area contributed by atoms with Crippen molar-refractivity contribution in [3.8, 4) is 22.5 Å². The van der Waals surface area contributed by atoms with Crippen molar-refractivity contribution in [2.45, 2.75) is 52.1 Å². The van der Waals surface area contributed by atoms with E-state index < -0.39 is 17.5 Å². The highest BCUT2D eigenvalue weighted by Crippen LogP contribution is 2.48. The zero-order valence-electron chi connectivity index (χ0n) is 19.2. The van der Waals surface area contributed by atoms with E-state index in [1.807, 2.05) is 69.3 Å². The lowest BCUT2D eigenvalue weighted by Gasteiger charge is -2.16. The van der Waals surface area contributed by atoms with E-state index in [0.29, 0.717) is 30.0 Å². The molecule has 0 aliphatic heterocycles. The van der Waals surface area contributed by atoms with Crippen LogP contribution in [0.25, 0.3) is 22.5 Å². The molecular formula is C26H28N2O5. The third kappa shape index (κ3) is 4.49. The summed E-state index contributed by atoms with van der Waals surface area (Å²) >= 11 is 0. The van der Waals surface area contributed by atoms with E-state index in [1.165, 1.54) is 0 Å². The minimum atomic E-state index is -0.756. The van der Waals surface area contributed by atoms with Gasteiger partial charge in [0.25, 0.3) is 0 Å². The van der Waals surface area contributed by atoms with Gasteiger partial charge in [0.2, 0.25) is 0 Å². The van der Waals surface area contributed by atoms with E-state index >= 15 is 0 Å². The van der Waals surface area contributed by atoms with Crippen LogP contribution in [-0.2, 0) is 14.9 Å². The van der Waals surface area contributed by atoms with Crippen LogP contribution in [0.3, 0.4) is 0 Å². The second-order valence-electron chi connectivity index (χ2n) is 8.99. The number of rotatable bonds is 7. The molecule has 7 heteroatoms. The molecule has 1 aromatic heterocycles. The van der Waals surface area contributed by atoms with Gasteiger partial charge in [-0.3, -0.25) is 10.1 Å². The number of carbonyl (C=O) groups is 2. The first-order valence-electron chi connectivity index (χ1n) is 11.1. The average Bonchev–Trinajstić information content (AvgIpc) is 3.54. The molecule has 33 heavy (non-hydrogen) atoms. The van der Waals surface area contributed by atoms with Gasteiger partial charge >= 0.3 is 12.1 Å². The van der Waals surface area contributed by atoms with Crippen LogP contribution in [0.4, 0.5) is 10.5 Å². The minimum absolute atomic E-state index is 0.208. The molecule has 172 valence electrons. The molecule has 0 unspecified atom stereocenters. The Morgan fingerprint density at radius 2 is 1.55 bits per heavy atom. The third-order valence-electron chi connectivity index (χ3n) is 6.40. The Kier molecular flexibility index (Phi) is 5.97. The van der Waals surface area contributed by atoms with E-state index in [-0.39, 0.29) is 12.0 Å². The van der Waals surface area contributed by atoms with Crippen molar-refractivity contribution in [3.05, 3.63) is 59.8 Å². The number of benzene rings is 2. The SMILES string of the molecule is Cc1noc(-c2ccc(-c3ccc(C4(C(=O)O)CC4)cc3)cc2)c1NC(=O)O[C@H](C)C(C)C. The number of carbonyl (C=O) groups excluding carboxylic acids is 1. The van der Waals surface area contributed by atoms with Crippen molar-refractivity contribution in [2.75, 3.05) is 5.32 Å². The number of nitrogens with one attached hydrogen (secondary N) is 1. The highest BCUT2D eigenvalue weighted by Gasteiger charge is 2.51. The maximum atomic E-state index is 12.3. The summed E-state index contributed by atoms with van der Waals surface area (Å²) in [6, 6.07) is 15.4. The van der Waals surface area contributed by atoms with Crippen LogP contribution in [0.5, 0.6) is 0 Å². The topological polar surface area (TPSA) is 102 Å². The zero-order chi connectivity index (χ0) is 23.8. The fourth-order valence-electron chi connectivity index (χ4n) is 3.70. The second-order valence-corrected chi connectivity index (χ2v) is 8.99. The lowest BCUT2D eigenvalue weighted by Crippen LogP contribution is -2.24. The van der Waals surface area contributed by atoms with Gasteiger partial charge in [0.05, 0.1) is 5.41 Å². The van der Waals surface area contributed by atoms with Crippen LogP contribution in [0.1, 0.15) is 44.9 Å². The first-order valence-corrected chi connectivity index (χ1v) is 11.1. The number of carboxylic acid groups (broad SMARTS) is 1. The standard InChI is InChI=1S/C26H28N2O5/c1-15(2)17(4)32-25(31)27-22-16(3)28-33-23(22)20-7-5-18(6-8-20)19-9-11-21(12-10-19)26(13-14-26)24(29)30/h5-12,15,17H,13-14H2,1-4H3,(H,27,31)(H,29,30)/t17-/m1/s1. The van der Waals surface area contributed by atoms with Crippen LogP contribution in [0, 0.1) is 12.8 Å². The van der Waals surface area contributed by atoms with Crippen LogP contribution in [0.15, 0.2) is 53.1 Å². The molecule has 1 aliphatic rings. The number of amides is 1. The molecule has 4 rings (SSSR count). The summed E-state index contributed by atoms with van der Waals surface area (Å²) in [5, 5.41) is 16.2. The van der Waals surface area contributed by atoms with Gasteiger partial charge < -0.3 is 14.4 Å². The van der Waals surface area contributed by atoms with Crippen LogP contribution in [-0.4, -0.2) is 28.4 Å². The van der Waals surface area contributed by atoms with E-state index in [4.69, 9.17) is 9.26 Å². The number of aryl methyl sites for hydroxylation is 1. The molecule has 2 aromatic carbocycles. The first-order chi connectivity index (χ1) is 15.7. The molecule has 1 saturated carbocycles. The number of nitrogens with zero attached hydrogens (tertiary/aromatic N) is 1. The van der Waals surface area contributed by atoms with Gasteiger partial charge in [-0.15, -0.1) is 0 Å².